The summed E-state index contributed by atoms with van der Waals surface area (Å²) in [7, 11) is -0.354. The highest BCUT2D eigenvalue weighted by atomic mass is 32.2. The molecule has 1 atom stereocenters. The number of rotatable bonds is 5. The van der Waals surface area contributed by atoms with E-state index in [1.165, 1.54) is 18.4 Å². The summed E-state index contributed by atoms with van der Waals surface area (Å²) in [6, 6.07) is 7.08. The Morgan fingerprint density at radius 1 is 1.23 bits per heavy atom. The van der Waals surface area contributed by atoms with E-state index < -0.39 is 10.0 Å². The molecule has 1 aromatic carbocycles. The van der Waals surface area contributed by atoms with Gasteiger partial charge in [0.15, 0.2) is 0 Å². The fraction of sp³-hybridized carbons (Fsp3) is 0.611. The molecular formula is C18H27N3O4S. The first kappa shape index (κ1) is 19.3. The van der Waals surface area contributed by atoms with E-state index in [1.807, 2.05) is 11.0 Å². The largest absolute Gasteiger partial charge is 0.368 e. The second-order valence-electron chi connectivity index (χ2n) is 7.04. The zero-order chi connectivity index (χ0) is 18.7. The van der Waals surface area contributed by atoms with Crippen molar-refractivity contribution in [3.05, 3.63) is 29.8 Å². The van der Waals surface area contributed by atoms with Crippen LogP contribution in [0.5, 0.6) is 0 Å². The summed E-state index contributed by atoms with van der Waals surface area (Å²) >= 11 is 0. The van der Waals surface area contributed by atoms with Gasteiger partial charge in [0, 0.05) is 53.4 Å². The van der Waals surface area contributed by atoms with Gasteiger partial charge >= 0.3 is 0 Å². The fourth-order valence-electron chi connectivity index (χ4n) is 3.38. The van der Waals surface area contributed by atoms with Gasteiger partial charge in [-0.2, -0.15) is 0 Å². The van der Waals surface area contributed by atoms with E-state index in [9.17, 15) is 13.2 Å². The Balaban J connectivity index is 1.57. The number of nitrogens with zero attached hydrogens (tertiary/aromatic N) is 3. The van der Waals surface area contributed by atoms with Crippen molar-refractivity contribution in [2.45, 2.75) is 30.4 Å². The predicted octanol–water partition coefficient (Wildman–Crippen LogP) is 0.760. The predicted molar refractivity (Wildman–Crippen MR) is 98.1 cm³/mol. The van der Waals surface area contributed by atoms with Crippen LogP contribution in [0.15, 0.2) is 29.2 Å². The molecule has 2 aliphatic heterocycles. The maximum Gasteiger partial charge on any atom is 0.251 e. The Morgan fingerprint density at radius 3 is 2.58 bits per heavy atom. The van der Waals surface area contributed by atoms with Crippen LogP contribution in [0.3, 0.4) is 0 Å². The molecule has 2 fully saturated rings. The van der Waals surface area contributed by atoms with Crippen LogP contribution in [0.25, 0.3) is 0 Å². The standard InChI is InChI=1S/C18H27N3O4S/c1-19(2)26(23,24)16-6-3-5-15(13-16)14-20-8-10-21(11-9-20)18(22)17-7-4-12-25-17/h3,5-6,13,17H,4,7-12,14H2,1-2H3/t17-/m1/s1. The second kappa shape index (κ2) is 8.04. The second-order valence-corrected chi connectivity index (χ2v) is 9.19. The van der Waals surface area contributed by atoms with Gasteiger partial charge < -0.3 is 9.64 Å². The highest BCUT2D eigenvalue weighted by Crippen LogP contribution is 2.18. The minimum absolute atomic E-state index is 0.112. The minimum atomic E-state index is -3.42. The van der Waals surface area contributed by atoms with Crippen molar-refractivity contribution in [2.24, 2.45) is 0 Å². The van der Waals surface area contributed by atoms with Crippen molar-refractivity contribution in [2.75, 3.05) is 46.9 Å². The Labute approximate surface area is 155 Å². The third-order valence-corrected chi connectivity index (χ3v) is 6.78. The summed E-state index contributed by atoms with van der Waals surface area (Å²) in [4.78, 5) is 16.8. The summed E-state index contributed by atoms with van der Waals surface area (Å²) in [5.41, 5.74) is 0.965. The molecule has 3 rings (SSSR count). The van der Waals surface area contributed by atoms with E-state index >= 15 is 0 Å². The van der Waals surface area contributed by atoms with Crippen LogP contribution in [0.4, 0.5) is 0 Å². The zero-order valence-corrected chi connectivity index (χ0v) is 16.2. The summed E-state index contributed by atoms with van der Waals surface area (Å²) < 4.78 is 31.3. The minimum Gasteiger partial charge on any atom is -0.368 e. The Kier molecular flexibility index (Phi) is 5.96. The number of hydrogen-bond donors (Lipinski definition) is 0. The number of sulfonamides is 1. The molecule has 7 nitrogen and oxygen atoms in total. The number of carbonyl (C=O) groups is 1. The quantitative estimate of drug-likeness (QED) is 0.753. The normalized spacial score (nSPS) is 22.1. The molecule has 0 saturated carbocycles. The lowest BCUT2D eigenvalue weighted by molar-refractivity contribution is -0.142. The van der Waals surface area contributed by atoms with Crippen molar-refractivity contribution in [3.8, 4) is 0 Å². The van der Waals surface area contributed by atoms with E-state index in [0.29, 0.717) is 31.1 Å². The van der Waals surface area contributed by atoms with Gasteiger partial charge in [0.2, 0.25) is 10.0 Å². The molecular weight excluding hydrogens is 354 g/mol. The molecule has 2 aliphatic rings. The highest BCUT2D eigenvalue weighted by Gasteiger charge is 2.30. The number of ether oxygens (including phenoxy) is 1. The van der Waals surface area contributed by atoms with Gasteiger partial charge in [0.25, 0.3) is 5.91 Å². The van der Waals surface area contributed by atoms with Gasteiger partial charge in [-0.1, -0.05) is 12.1 Å². The Hall–Kier alpha value is -1.48. The number of piperazine rings is 1. The molecule has 8 heteroatoms. The molecule has 1 aromatic rings. The molecule has 0 bridgehead atoms. The lowest BCUT2D eigenvalue weighted by Crippen LogP contribution is -2.51. The first-order valence-corrected chi connectivity index (χ1v) is 10.5. The zero-order valence-electron chi connectivity index (χ0n) is 15.4. The molecule has 0 unspecified atom stereocenters. The summed E-state index contributed by atoms with van der Waals surface area (Å²) in [5.74, 6) is 0.112. The summed E-state index contributed by atoms with van der Waals surface area (Å²) in [6.07, 6.45) is 1.53. The van der Waals surface area contributed by atoms with Crippen LogP contribution < -0.4 is 0 Å². The monoisotopic (exact) mass is 381 g/mol. The van der Waals surface area contributed by atoms with Crippen molar-refractivity contribution in [1.29, 1.82) is 0 Å². The van der Waals surface area contributed by atoms with Gasteiger partial charge in [0.1, 0.15) is 6.10 Å². The first-order valence-electron chi connectivity index (χ1n) is 9.02. The number of carbonyl (C=O) groups excluding carboxylic acids is 1. The lowest BCUT2D eigenvalue weighted by Gasteiger charge is -2.35. The smallest absolute Gasteiger partial charge is 0.251 e. The number of amides is 1. The van der Waals surface area contributed by atoms with Gasteiger partial charge in [-0.15, -0.1) is 0 Å². The molecule has 2 heterocycles. The highest BCUT2D eigenvalue weighted by molar-refractivity contribution is 7.89. The van der Waals surface area contributed by atoms with Crippen molar-refractivity contribution < 1.29 is 17.9 Å². The maximum absolute atomic E-state index is 12.4. The molecule has 1 amide bonds. The third-order valence-electron chi connectivity index (χ3n) is 4.97. The average Bonchev–Trinajstić information content (AvgIpc) is 3.16. The molecule has 0 aliphatic carbocycles. The Bertz CT molecular complexity index is 737. The number of benzene rings is 1. The molecule has 26 heavy (non-hydrogen) atoms. The van der Waals surface area contributed by atoms with E-state index in [1.54, 1.807) is 18.2 Å². The van der Waals surface area contributed by atoms with Crippen LogP contribution in [-0.2, 0) is 26.1 Å². The Morgan fingerprint density at radius 2 is 1.96 bits per heavy atom. The first-order chi connectivity index (χ1) is 12.4. The van der Waals surface area contributed by atoms with Crippen molar-refractivity contribution in [3.63, 3.8) is 0 Å². The molecule has 144 valence electrons. The van der Waals surface area contributed by atoms with Crippen LogP contribution in [0, 0.1) is 0 Å². The van der Waals surface area contributed by atoms with Gasteiger partial charge in [-0.25, -0.2) is 12.7 Å². The van der Waals surface area contributed by atoms with Crippen LogP contribution >= 0.6 is 0 Å². The van der Waals surface area contributed by atoms with E-state index in [0.717, 1.165) is 31.5 Å². The van der Waals surface area contributed by atoms with Gasteiger partial charge in [0.05, 0.1) is 4.90 Å². The van der Waals surface area contributed by atoms with Crippen molar-refractivity contribution >= 4 is 15.9 Å². The molecule has 0 spiro atoms. The summed E-state index contributed by atoms with van der Waals surface area (Å²) in [6.45, 7) is 4.30. The van der Waals surface area contributed by atoms with E-state index in [4.69, 9.17) is 4.74 Å². The maximum atomic E-state index is 12.4. The summed E-state index contributed by atoms with van der Waals surface area (Å²) in [5, 5.41) is 0. The topological polar surface area (TPSA) is 70.2 Å². The number of hydrogen-bond acceptors (Lipinski definition) is 5. The van der Waals surface area contributed by atoms with Crippen LogP contribution in [-0.4, -0.2) is 81.4 Å². The third kappa shape index (κ3) is 4.25. The van der Waals surface area contributed by atoms with Crippen molar-refractivity contribution in [1.82, 2.24) is 14.1 Å². The molecule has 0 aromatic heterocycles. The van der Waals surface area contributed by atoms with E-state index in [2.05, 4.69) is 4.90 Å². The SMILES string of the molecule is CN(C)S(=O)(=O)c1cccc(CN2CCN(C(=O)[C@H]3CCCO3)CC2)c1. The lowest BCUT2D eigenvalue weighted by atomic mass is 10.1. The molecule has 2 saturated heterocycles. The van der Waals surface area contributed by atoms with Crippen LogP contribution in [0.2, 0.25) is 0 Å². The van der Waals surface area contributed by atoms with E-state index in [-0.39, 0.29) is 12.0 Å². The van der Waals surface area contributed by atoms with Gasteiger partial charge in [-0.05, 0) is 30.5 Å². The van der Waals surface area contributed by atoms with Gasteiger partial charge in [-0.3, -0.25) is 9.69 Å². The fourth-order valence-corrected chi connectivity index (χ4v) is 4.35. The van der Waals surface area contributed by atoms with Crippen LogP contribution in [0.1, 0.15) is 18.4 Å². The molecule has 0 N–H and O–H groups in total. The molecule has 0 radical (unpaired) electrons. The average molecular weight is 381 g/mol.